The normalized spacial score (nSPS) is 11.9. The standard InChI is InChI=1S/C76H64Ge2N2/c1-77(2,3)57-43-47-61(48-44-57)79(59-25-9-7-10-26-59)63-29-21-23-55(51-63)75-69-35-17-13-31-65(69)73(66-32-14-18-36-70(66)75)53-39-41-54(42-40-53)74-67-33-15-19-37-71(67)76(72-38-20-16-34-68(72)74)56-24-22-30-64(52-56)80(60-27-11-8-12-28-60)62-49-45-58(46-50-62)78(4,5)6/h7-52H,1-6H3. The van der Waals surface area contributed by atoms with Crippen LogP contribution in [-0.4, -0.2) is 26.5 Å². The molecular formula is C76H64Ge2N2. The summed E-state index contributed by atoms with van der Waals surface area (Å²) in [5, 5.41) is 9.89. The molecular weight excluding hydrogens is 1090 g/mol. The molecule has 2 nitrogen and oxygen atoms in total. The Morgan fingerprint density at radius 2 is 0.438 bits per heavy atom. The van der Waals surface area contributed by atoms with Crippen LogP contribution in [0, 0.1) is 0 Å². The van der Waals surface area contributed by atoms with Gasteiger partial charge in [0.2, 0.25) is 0 Å². The van der Waals surface area contributed by atoms with Gasteiger partial charge in [-0.15, -0.1) is 0 Å². The summed E-state index contributed by atoms with van der Waals surface area (Å²) in [6.07, 6.45) is 0. The van der Waals surface area contributed by atoms with Crippen LogP contribution >= 0.6 is 0 Å². The Hall–Kier alpha value is -8.41. The summed E-state index contributed by atoms with van der Waals surface area (Å²) in [4.78, 5) is 4.80. The van der Waals surface area contributed by atoms with Crippen molar-refractivity contribution in [1.82, 2.24) is 0 Å². The molecule has 0 aliphatic carbocycles. The molecule has 0 heterocycles. The molecule has 0 spiro atoms. The Morgan fingerprint density at radius 1 is 0.200 bits per heavy atom. The predicted octanol–water partition coefficient (Wildman–Crippen LogP) is 21.0. The molecule has 0 aliphatic rings. The molecule has 0 N–H and O–H groups in total. The first kappa shape index (κ1) is 51.1. The van der Waals surface area contributed by atoms with Crippen LogP contribution in [-0.2, 0) is 0 Å². The second kappa shape index (κ2) is 21.0. The molecule has 0 unspecified atom stereocenters. The van der Waals surface area contributed by atoms with Gasteiger partial charge in [0, 0.05) is 0 Å². The Morgan fingerprint density at radius 3 is 0.713 bits per heavy atom. The average molecular weight is 1150 g/mol. The summed E-state index contributed by atoms with van der Waals surface area (Å²) >= 11 is -4.04. The van der Waals surface area contributed by atoms with Crippen molar-refractivity contribution >= 4 is 113 Å². The predicted molar refractivity (Wildman–Crippen MR) is 354 cm³/mol. The molecule has 0 saturated heterocycles. The van der Waals surface area contributed by atoms with Crippen LogP contribution < -0.4 is 18.6 Å². The topological polar surface area (TPSA) is 6.48 Å². The molecule has 0 bridgehead atoms. The third-order valence-corrected chi connectivity index (χ3v) is 24.8. The molecule has 80 heavy (non-hydrogen) atoms. The Bertz CT molecular complexity index is 4000. The van der Waals surface area contributed by atoms with Crippen molar-refractivity contribution in [2.24, 2.45) is 0 Å². The van der Waals surface area contributed by atoms with Crippen molar-refractivity contribution in [2.75, 3.05) is 9.80 Å². The van der Waals surface area contributed by atoms with Crippen LogP contribution in [0.3, 0.4) is 0 Å². The summed E-state index contributed by atoms with van der Waals surface area (Å²) in [6.45, 7) is 0. The molecule has 0 radical (unpaired) electrons. The van der Waals surface area contributed by atoms with E-state index in [1.165, 1.54) is 96.4 Å². The maximum atomic E-state index is 2.46. The second-order valence-corrected chi connectivity index (χ2v) is 44.6. The minimum absolute atomic E-state index is 1.13. The Balaban J connectivity index is 0.915. The van der Waals surface area contributed by atoms with E-state index in [4.69, 9.17) is 0 Å². The quantitative estimate of drug-likeness (QED) is 0.0889. The monoisotopic (exact) mass is 1150 g/mol. The van der Waals surface area contributed by atoms with E-state index < -0.39 is 26.5 Å². The molecule has 0 aliphatic heterocycles. The first-order valence-corrected chi connectivity index (χ1v) is 42.8. The number of benzene rings is 13. The average Bonchev–Trinajstić information content (AvgIpc) is 3.63. The third kappa shape index (κ3) is 9.50. The number of anilines is 6. The van der Waals surface area contributed by atoms with E-state index in [1.54, 1.807) is 0 Å². The van der Waals surface area contributed by atoms with Crippen LogP contribution in [0.15, 0.2) is 279 Å². The number of para-hydroxylation sites is 2. The molecule has 0 saturated carbocycles. The van der Waals surface area contributed by atoms with Crippen LogP contribution in [0.1, 0.15) is 0 Å². The van der Waals surface area contributed by atoms with E-state index in [2.05, 4.69) is 323 Å². The van der Waals surface area contributed by atoms with E-state index in [0.29, 0.717) is 0 Å². The van der Waals surface area contributed by atoms with Gasteiger partial charge in [-0.25, -0.2) is 0 Å². The SMILES string of the molecule is [CH3][Ge]([CH3])([CH3])[c]1ccc(N(c2ccccc2)c2cccc(-c3c4ccccc4c(-c4ccc(-c5c6ccccc6c(-c6cccc(N(c7ccccc7)c7cc[c]([Ge]([CH3])([CH3])[CH3])cc7)c6)c6ccccc56)cc4)c4ccccc34)c2)cc1. The fourth-order valence-corrected chi connectivity index (χ4v) is 17.1. The summed E-state index contributed by atoms with van der Waals surface area (Å²) in [6, 6.07) is 104. The summed E-state index contributed by atoms with van der Waals surface area (Å²) in [7, 11) is 0. The Kier molecular flexibility index (Phi) is 13.4. The zero-order valence-corrected chi connectivity index (χ0v) is 50.6. The van der Waals surface area contributed by atoms with Crippen molar-refractivity contribution in [3.05, 3.63) is 279 Å². The summed E-state index contributed by atoms with van der Waals surface area (Å²) in [5.41, 5.74) is 16.6. The Labute approximate surface area is 477 Å². The second-order valence-electron chi connectivity index (χ2n) is 23.3. The third-order valence-electron chi connectivity index (χ3n) is 16.1. The van der Waals surface area contributed by atoms with Crippen molar-refractivity contribution < 1.29 is 0 Å². The van der Waals surface area contributed by atoms with Gasteiger partial charge in [0.15, 0.2) is 0 Å². The fourth-order valence-electron chi connectivity index (χ4n) is 12.2. The maximum absolute atomic E-state index is 2.46. The van der Waals surface area contributed by atoms with Gasteiger partial charge in [-0.05, 0) is 11.1 Å². The van der Waals surface area contributed by atoms with Gasteiger partial charge in [0.25, 0.3) is 0 Å². The van der Waals surface area contributed by atoms with Crippen molar-refractivity contribution in [3.63, 3.8) is 0 Å². The zero-order chi connectivity index (χ0) is 54.5. The van der Waals surface area contributed by atoms with Crippen LogP contribution in [0.2, 0.25) is 34.5 Å². The molecule has 13 aromatic carbocycles. The molecule has 13 aromatic rings. The van der Waals surface area contributed by atoms with Gasteiger partial charge in [-0.2, -0.15) is 0 Å². The van der Waals surface area contributed by atoms with E-state index >= 15 is 0 Å². The molecule has 0 aromatic heterocycles. The van der Waals surface area contributed by atoms with E-state index in [-0.39, 0.29) is 0 Å². The number of hydrogen-bond donors (Lipinski definition) is 0. The van der Waals surface area contributed by atoms with E-state index in [0.717, 1.165) is 34.1 Å². The minimum atomic E-state index is -2.02. The van der Waals surface area contributed by atoms with Gasteiger partial charge in [-0.3, -0.25) is 0 Å². The van der Waals surface area contributed by atoms with E-state index in [1.807, 2.05) is 0 Å². The zero-order valence-electron chi connectivity index (χ0n) is 46.5. The fraction of sp³-hybridized carbons (Fsp3) is 0.0789. The molecule has 0 amide bonds. The van der Waals surface area contributed by atoms with Gasteiger partial charge < -0.3 is 0 Å². The first-order chi connectivity index (χ1) is 39.0. The molecule has 13 rings (SSSR count). The van der Waals surface area contributed by atoms with Gasteiger partial charge in [0.05, 0.1) is 0 Å². The van der Waals surface area contributed by atoms with Gasteiger partial charge >= 0.3 is 421 Å². The molecule has 4 heteroatoms. The summed E-state index contributed by atoms with van der Waals surface area (Å²) in [5.74, 6) is 14.8. The van der Waals surface area contributed by atoms with Crippen LogP contribution in [0.25, 0.3) is 87.6 Å². The van der Waals surface area contributed by atoms with Crippen molar-refractivity contribution in [1.29, 1.82) is 0 Å². The van der Waals surface area contributed by atoms with Gasteiger partial charge in [-0.1, -0.05) is 48.5 Å². The van der Waals surface area contributed by atoms with E-state index in [9.17, 15) is 0 Å². The molecule has 386 valence electrons. The van der Waals surface area contributed by atoms with Gasteiger partial charge in [0.1, 0.15) is 0 Å². The number of nitrogens with zero attached hydrogens (tertiary/aromatic N) is 2. The molecule has 0 atom stereocenters. The van der Waals surface area contributed by atoms with Crippen molar-refractivity contribution in [2.45, 2.75) is 34.5 Å². The van der Waals surface area contributed by atoms with Crippen molar-refractivity contribution in [3.8, 4) is 44.5 Å². The van der Waals surface area contributed by atoms with Crippen LogP contribution in [0.5, 0.6) is 0 Å². The summed E-state index contributed by atoms with van der Waals surface area (Å²) < 4.78 is 3.01. The number of fused-ring (bicyclic) bond motifs is 4. The van der Waals surface area contributed by atoms with Crippen LogP contribution in [0.4, 0.5) is 34.1 Å². The first-order valence-electron chi connectivity index (χ1n) is 28.1. The molecule has 0 fully saturated rings. The number of hydrogen-bond acceptors (Lipinski definition) is 2. The number of rotatable bonds is 12.